The molecule has 0 N–H and O–H groups in total. The first-order valence-corrected chi connectivity index (χ1v) is 6.17. The number of rotatable bonds is 7. The normalized spacial score (nSPS) is 12.5. The van der Waals surface area contributed by atoms with Crippen LogP contribution in [-0.4, -0.2) is 18.8 Å². The molecule has 1 aromatic carbocycles. The van der Waals surface area contributed by atoms with Crippen LogP contribution in [-0.2, 0) is 4.74 Å². The van der Waals surface area contributed by atoms with Gasteiger partial charge in [-0.05, 0) is 26.3 Å². The summed E-state index contributed by atoms with van der Waals surface area (Å²) >= 11 is 0. The van der Waals surface area contributed by atoms with E-state index in [-0.39, 0.29) is 12.2 Å². The second-order valence-corrected chi connectivity index (χ2v) is 4.27. The molecule has 0 saturated carbocycles. The van der Waals surface area contributed by atoms with Crippen LogP contribution in [0.3, 0.4) is 0 Å². The van der Waals surface area contributed by atoms with Crippen molar-refractivity contribution in [3.8, 4) is 5.75 Å². The largest absolute Gasteiger partial charge is 0.487 e. The van der Waals surface area contributed by atoms with Crippen LogP contribution >= 0.6 is 0 Å². The highest BCUT2D eigenvalue weighted by Gasteiger charge is 2.10. The molecule has 94 valence electrons. The summed E-state index contributed by atoms with van der Waals surface area (Å²) < 4.78 is 11.5. The van der Waals surface area contributed by atoms with Gasteiger partial charge >= 0.3 is 0 Å². The van der Waals surface area contributed by atoms with Crippen molar-refractivity contribution in [2.24, 2.45) is 0 Å². The topological polar surface area (TPSA) is 18.5 Å². The van der Waals surface area contributed by atoms with Crippen molar-refractivity contribution in [3.05, 3.63) is 36.4 Å². The maximum absolute atomic E-state index is 5.94. The SMILES string of the molecule is C=Cc1ccccc1OC(CC)COC(C)C. The Kier molecular flexibility index (Phi) is 5.78. The van der Waals surface area contributed by atoms with Gasteiger partial charge < -0.3 is 9.47 Å². The molecular formula is C15H22O2. The zero-order valence-corrected chi connectivity index (χ0v) is 11.0. The molecule has 0 heterocycles. The molecule has 0 aliphatic rings. The molecule has 1 rings (SSSR count). The van der Waals surface area contributed by atoms with E-state index in [9.17, 15) is 0 Å². The van der Waals surface area contributed by atoms with E-state index in [2.05, 4.69) is 13.5 Å². The molecule has 2 nitrogen and oxygen atoms in total. The Morgan fingerprint density at radius 1 is 1.29 bits per heavy atom. The highest BCUT2D eigenvalue weighted by atomic mass is 16.5. The number of para-hydroxylation sites is 1. The number of hydrogen-bond donors (Lipinski definition) is 0. The van der Waals surface area contributed by atoms with Crippen molar-refractivity contribution < 1.29 is 9.47 Å². The number of hydrogen-bond acceptors (Lipinski definition) is 2. The maximum Gasteiger partial charge on any atom is 0.127 e. The lowest BCUT2D eigenvalue weighted by atomic mass is 10.2. The zero-order valence-electron chi connectivity index (χ0n) is 11.0. The Morgan fingerprint density at radius 2 is 2.00 bits per heavy atom. The third kappa shape index (κ3) is 4.61. The van der Waals surface area contributed by atoms with Crippen molar-refractivity contribution in [2.75, 3.05) is 6.61 Å². The molecular weight excluding hydrogens is 212 g/mol. The first-order chi connectivity index (χ1) is 8.17. The first kappa shape index (κ1) is 13.8. The lowest BCUT2D eigenvalue weighted by molar-refractivity contribution is 0.0150. The molecule has 1 unspecified atom stereocenters. The lowest BCUT2D eigenvalue weighted by Gasteiger charge is -2.20. The molecule has 17 heavy (non-hydrogen) atoms. The van der Waals surface area contributed by atoms with Crippen LogP contribution in [0.2, 0.25) is 0 Å². The maximum atomic E-state index is 5.94. The molecule has 2 heteroatoms. The van der Waals surface area contributed by atoms with Crippen LogP contribution in [0.25, 0.3) is 6.08 Å². The second-order valence-electron chi connectivity index (χ2n) is 4.27. The molecule has 0 bridgehead atoms. The van der Waals surface area contributed by atoms with E-state index in [0.29, 0.717) is 6.61 Å². The van der Waals surface area contributed by atoms with Crippen molar-refractivity contribution in [2.45, 2.75) is 39.4 Å². The minimum Gasteiger partial charge on any atom is -0.487 e. The lowest BCUT2D eigenvalue weighted by Crippen LogP contribution is -2.24. The average molecular weight is 234 g/mol. The van der Waals surface area contributed by atoms with Crippen LogP contribution in [0.4, 0.5) is 0 Å². The smallest absolute Gasteiger partial charge is 0.127 e. The standard InChI is InChI=1S/C15H22O2/c1-5-13-9-7-8-10-15(13)17-14(6-2)11-16-12(3)4/h5,7-10,12,14H,1,6,11H2,2-4H3. The van der Waals surface area contributed by atoms with Crippen LogP contribution in [0.5, 0.6) is 5.75 Å². The van der Waals surface area contributed by atoms with Crippen LogP contribution in [0.1, 0.15) is 32.8 Å². The summed E-state index contributed by atoms with van der Waals surface area (Å²) in [7, 11) is 0. The van der Waals surface area contributed by atoms with Gasteiger partial charge in [0.1, 0.15) is 11.9 Å². The molecule has 0 amide bonds. The fraction of sp³-hybridized carbons (Fsp3) is 0.467. The fourth-order valence-electron chi connectivity index (χ4n) is 1.47. The molecule has 1 aromatic rings. The molecule has 0 radical (unpaired) electrons. The average Bonchev–Trinajstić information content (AvgIpc) is 2.34. The number of benzene rings is 1. The molecule has 0 spiro atoms. The summed E-state index contributed by atoms with van der Waals surface area (Å²) in [6, 6.07) is 7.92. The van der Waals surface area contributed by atoms with Crippen LogP contribution < -0.4 is 4.74 Å². The Labute approximate surface area is 104 Å². The van der Waals surface area contributed by atoms with Gasteiger partial charge in [-0.1, -0.05) is 37.8 Å². The molecule has 0 saturated heterocycles. The molecule has 0 aliphatic heterocycles. The summed E-state index contributed by atoms with van der Waals surface area (Å²) in [6.45, 7) is 10.6. The van der Waals surface area contributed by atoms with E-state index in [1.807, 2.05) is 44.2 Å². The predicted molar refractivity (Wildman–Crippen MR) is 72.3 cm³/mol. The van der Waals surface area contributed by atoms with Gasteiger partial charge in [-0.25, -0.2) is 0 Å². The van der Waals surface area contributed by atoms with E-state index in [0.717, 1.165) is 17.7 Å². The van der Waals surface area contributed by atoms with Gasteiger partial charge in [0.05, 0.1) is 12.7 Å². The first-order valence-electron chi connectivity index (χ1n) is 6.17. The molecule has 0 fully saturated rings. The van der Waals surface area contributed by atoms with Gasteiger partial charge in [0, 0.05) is 5.56 Å². The van der Waals surface area contributed by atoms with E-state index in [4.69, 9.17) is 9.47 Å². The van der Waals surface area contributed by atoms with Gasteiger partial charge in [-0.3, -0.25) is 0 Å². The highest BCUT2D eigenvalue weighted by molar-refractivity contribution is 5.55. The van der Waals surface area contributed by atoms with Crippen LogP contribution in [0, 0.1) is 0 Å². The van der Waals surface area contributed by atoms with Gasteiger partial charge in [0.15, 0.2) is 0 Å². The Bertz CT molecular complexity index is 345. The highest BCUT2D eigenvalue weighted by Crippen LogP contribution is 2.21. The molecule has 1 atom stereocenters. The van der Waals surface area contributed by atoms with Gasteiger partial charge in [0.25, 0.3) is 0 Å². The monoisotopic (exact) mass is 234 g/mol. The van der Waals surface area contributed by atoms with Gasteiger partial charge in [0.2, 0.25) is 0 Å². The van der Waals surface area contributed by atoms with Gasteiger partial charge in [-0.2, -0.15) is 0 Å². The number of ether oxygens (including phenoxy) is 2. The Hall–Kier alpha value is -1.28. The third-order valence-electron chi connectivity index (χ3n) is 2.50. The van der Waals surface area contributed by atoms with Crippen molar-refractivity contribution >= 4 is 6.08 Å². The Balaban J connectivity index is 2.63. The van der Waals surface area contributed by atoms with Gasteiger partial charge in [-0.15, -0.1) is 0 Å². The fourth-order valence-corrected chi connectivity index (χ4v) is 1.47. The van der Waals surface area contributed by atoms with E-state index in [1.54, 1.807) is 0 Å². The second kappa shape index (κ2) is 7.13. The zero-order chi connectivity index (χ0) is 12.7. The molecule has 0 aliphatic carbocycles. The van der Waals surface area contributed by atoms with Crippen molar-refractivity contribution in [3.63, 3.8) is 0 Å². The molecule has 0 aromatic heterocycles. The quantitative estimate of drug-likeness (QED) is 0.712. The predicted octanol–water partition coefficient (Wildman–Crippen LogP) is 3.91. The summed E-state index contributed by atoms with van der Waals surface area (Å²) in [5, 5.41) is 0. The summed E-state index contributed by atoms with van der Waals surface area (Å²) in [6.07, 6.45) is 3.07. The van der Waals surface area contributed by atoms with Crippen molar-refractivity contribution in [1.29, 1.82) is 0 Å². The van der Waals surface area contributed by atoms with E-state index in [1.165, 1.54) is 0 Å². The van der Waals surface area contributed by atoms with E-state index < -0.39 is 0 Å². The Morgan fingerprint density at radius 3 is 2.59 bits per heavy atom. The minimum atomic E-state index is 0.0958. The van der Waals surface area contributed by atoms with Crippen molar-refractivity contribution in [1.82, 2.24) is 0 Å². The minimum absolute atomic E-state index is 0.0958. The summed E-state index contributed by atoms with van der Waals surface area (Å²) in [5.41, 5.74) is 1.02. The summed E-state index contributed by atoms with van der Waals surface area (Å²) in [5.74, 6) is 0.877. The summed E-state index contributed by atoms with van der Waals surface area (Å²) in [4.78, 5) is 0. The third-order valence-corrected chi connectivity index (χ3v) is 2.50. The van der Waals surface area contributed by atoms with E-state index >= 15 is 0 Å². The van der Waals surface area contributed by atoms with Crippen LogP contribution in [0.15, 0.2) is 30.8 Å².